The van der Waals surface area contributed by atoms with Gasteiger partial charge in [-0.15, -0.1) is 0 Å². The maximum absolute atomic E-state index is 12.6. The van der Waals surface area contributed by atoms with Gasteiger partial charge in [0.05, 0.1) is 16.1 Å². The molecule has 17 heavy (non-hydrogen) atoms. The second kappa shape index (κ2) is 3.66. The standard InChI is InChI=1S/C10H5ClF3NO2/c11-7-2-8-4(1-6(7)10(12,13)14)5(3-15-8)9(16)17/h1-3,15H,(H,16,17). The van der Waals surface area contributed by atoms with E-state index in [4.69, 9.17) is 16.7 Å². The molecule has 0 amide bonds. The van der Waals surface area contributed by atoms with E-state index >= 15 is 0 Å². The number of hydrogen-bond donors (Lipinski definition) is 2. The van der Waals surface area contributed by atoms with Crippen LogP contribution < -0.4 is 0 Å². The van der Waals surface area contributed by atoms with Crippen LogP contribution in [0, 0.1) is 0 Å². The van der Waals surface area contributed by atoms with Crippen LogP contribution in [0.4, 0.5) is 13.2 Å². The third kappa shape index (κ3) is 1.95. The van der Waals surface area contributed by atoms with Crippen LogP contribution in [0.1, 0.15) is 15.9 Å². The first-order valence-corrected chi connectivity index (χ1v) is 4.79. The van der Waals surface area contributed by atoms with Crippen molar-refractivity contribution >= 4 is 28.5 Å². The lowest BCUT2D eigenvalue weighted by Gasteiger charge is -2.08. The van der Waals surface area contributed by atoms with Crippen LogP contribution in [0.3, 0.4) is 0 Å². The summed E-state index contributed by atoms with van der Waals surface area (Å²) in [6.45, 7) is 0. The number of aromatic nitrogens is 1. The van der Waals surface area contributed by atoms with Crippen molar-refractivity contribution in [1.82, 2.24) is 4.98 Å². The lowest BCUT2D eigenvalue weighted by atomic mass is 10.1. The highest BCUT2D eigenvalue weighted by molar-refractivity contribution is 6.32. The van der Waals surface area contributed by atoms with Crippen LogP contribution >= 0.6 is 11.6 Å². The molecule has 90 valence electrons. The van der Waals surface area contributed by atoms with Crippen molar-refractivity contribution in [3.05, 3.63) is 34.5 Å². The first-order chi connectivity index (χ1) is 7.80. The molecule has 1 heterocycles. The van der Waals surface area contributed by atoms with Crippen molar-refractivity contribution in [2.24, 2.45) is 0 Å². The number of carbonyl (C=O) groups is 1. The van der Waals surface area contributed by atoms with E-state index in [-0.39, 0.29) is 16.5 Å². The lowest BCUT2D eigenvalue weighted by Crippen LogP contribution is -2.06. The average Bonchev–Trinajstić information content (AvgIpc) is 2.57. The molecule has 3 nitrogen and oxygen atoms in total. The third-order valence-electron chi connectivity index (χ3n) is 2.31. The number of aromatic carboxylic acids is 1. The van der Waals surface area contributed by atoms with Gasteiger partial charge in [0.25, 0.3) is 0 Å². The Morgan fingerprint density at radius 3 is 2.53 bits per heavy atom. The summed E-state index contributed by atoms with van der Waals surface area (Å²) in [7, 11) is 0. The second-order valence-electron chi connectivity index (χ2n) is 3.38. The number of carboxylic acid groups (broad SMARTS) is 1. The van der Waals surface area contributed by atoms with E-state index in [0.29, 0.717) is 0 Å². The summed E-state index contributed by atoms with van der Waals surface area (Å²) < 4.78 is 37.7. The highest BCUT2D eigenvalue weighted by Crippen LogP contribution is 2.37. The van der Waals surface area contributed by atoms with Crippen LogP contribution in [0.5, 0.6) is 0 Å². The maximum Gasteiger partial charge on any atom is 0.417 e. The van der Waals surface area contributed by atoms with Gasteiger partial charge in [-0.2, -0.15) is 13.2 Å². The van der Waals surface area contributed by atoms with E-state index in [1.807, 2.05) is 0 Å². The smallest absolute Gasteiger partial charge is 0.417 e. The number of rotatable bonds is 1. The molecule has 0 aliphatic heterocycles. The molecule has 2 rings (SSSR count). The van der Waals surface area contributed by atoms with Crippen molar-refractivity contribution in [2.45, 2.75) is 6.18 Å². The Labute approximate surface area is 97.8 Å². The molecule has 0 bridgehead atoms. The van der Waals surface area contributed by atoms with Gasteiger partial charge in [0, 0.05) is 17.1 Å². The van der Waals surface area contributed by atoms with E-state index in [1.54, 1.807) is 0 Å². The number of nitrogens with one attached hydrogen (secondary N) is 1. The first kappa shape index (κ1) is 11.8. The first-order valence-electron chi connectivity index (χ1n) is 4.42. The van der Waals surface area contributed by atoms with Crippen LogP contribution in [-0.4, -0.2) is 16.1 Å². The Kier molecular flexibility index (Phi) is 2.54. The summed E-state index contributed by atoms with van der Waals surface area (Å²) in [4.78, 5) is 13.3. The lowest BCUT2D eigenvalue weighted by molar-refractivity contribution is -0.137. The normalized spacial score (nSPS) is 12.0. The summed E-state index contributed by atoms with van der Waals surface area (Å²) in [5.74, 6) is -1.30. The molecule has 1 aromatic heterocycles. The highest BCUT2D eigenvalue weighted by Gasteiger charge is 2.34. The van der Waals surface area contributed by atoms with Crippen LogP contribution in [0.25, 0.3) is 10.9 Å². The second-order valence-corrected chi connectivity index (χ2v) is 3.79. The van der Waals surface area contributed by atoms with Gasteiger partial charge in [-0.05, 0) is 12.1 Å². The monoisotopic (exact) mass is 263 g/mol. The molecule has 0 atom stereocenters. The fourth-order valence-electron chi connectivity index (χ4n) is 1.54. The van der Waals surface area contributed by atoms with Gasteiger partial charge in [0.2, 0.25) is 0 Å². The van der Waals surface area contributed by atoms with Gasteiger partial charge >= 0.3 is 12.1 Å². The Morgan fingerprint density at radius 2 is 2.00 bits per heavy atom. The molecule has 0 aliphatic rings. The van der Waals surface area contributed by atoms with Gasteiger partial charge in [-0.1, -0.05) is 11.6 Å². The molecular weight excluding hydrogens is 259 g/mol. The molecule has 0 saturated heterocycles. The minimum atomic E-state index is -4.61. The van der Waals surface area contributed by atoms with Gasteiger partial charge < -0.3 is 10.1 Å². The Hall–Kier alpha value is -1.69. The predicted molar refractivity (Wildman–Crippen MR) is 55.3 cm³/mol. The summed E-state index contributed by atoms with van der Waals surface area (Å²) in [5, 5.41) is 8.31. The van der Waals surface area contributed by atoms with E-state index in [2.05, 4.69) is 4.98 Å². The molecule has 2 aromatic rings. The molecule has 2 N–H and O–H groups in total. The van der Waals surface area contributed by atoms with Crippen molar-refractivity contribution in [2.75, 3.05) is 0 Å². The molecule has 7 heteroatoms. The fraction of sp³-hybridized carbons (Fsp3) is 0.100. The van der Waals surface area contributed by atoms with Crippen molar-refractivity contribution in [1.29, 1.82) is 0 Å². The Bertz CT molecular complexity index is 603. The fourth-order valence-corrected chi connectivity index (χ4v) is 1.81. The van der Waals surface area contributed by atoms with Crippen molar-refractivity contribution < 1.29 is 23.1 Å². The molecule has 0 aliphatic carbocycles. The van der Waals surface area contributed by atoms with Crippen molar-refractivity contribution in [3.8, 4) is 0 Å². The van der Waals surface area contributed by atoms with Gasteiger partial charge in [-0.25, -0.2) is 4.79 Å². The largest absolute Gasteiger partial charge is 0.478 e. The topological polar surface area (TPSA) is 53.1 Å². The third-order valence-corrected chi connectivity index (χ3v) is 2.62. The van der Waals surface area contributed by atoms with Gasteiger partial charge in [0.15, 0.2) is 0 Å². The number of halogens is 4. The minimum Gasteiger partial charge on any atom is -0.478 e. The minimum absolute atomic E-state index is 0.0192. The summed E-state index contributed by atoms with van der Waals surface area (Å²) in [6.07, 6.45) is -3.48. The number of alkyl halides is 3. The number of H-pyrrole nitrogens is 1. The average molecular weight is 264 g/mol. The summed E-state index contributed by atoms with van der Waals surface area (Å²) >= 11 is 5.49. The number of aromatic amines is 1. The highest BCUT2D eigenvalue weighted by atomic mass is 35.5. The molecule has 0 radical (unpaired) electrons. The SMILES string of the molecule is O=C(O)c1c[nH]c2cc(Cl)c(C(F)(F)F)cc12. The molecular formula is C10H5ClF3NO2. The number of hydrogen-bond acceptors (Lipinski definition) is 1. The zero-order valence-electron chi connectivity index (χ0n) is 8.10. The maximum atomic E-state index is 12.6. The summed E-state index contributed by atoms with van der Waals surface area (Å²) in [6, 6.07) is 1.80. The zero-order chi connectivity index (χ0) is 12.8. The van der Waals surface area contributed by atoms with Crippen LogP contribution in [0.2, 0.25) is 5.02 Å². The quantitative estimate of drug-likeness (QED) is 0.827. The Morgan fingerprint density at radius 1 is 1.35 bits per heavy atom. The van der Waals surface area contributed by atoms with E-state index in [1.165, 1.54) is 0 Å². The van der Waals surface area contributed by atoms with Gasteiger partial charge in [-0.3, -0.25) is 0 Å². The summed E-state index contributed by atoms with van der Waals surface area (Å²) in [5.41, 5.74) is -1.02. The zero-order valence-corrected chi connectivity index (χ0v) is 8.86. The van der Waals surface area contributed by atoms with Gasteiger partial charge in [0.1, 0.15) is 0 Å². The van der Waals surface area contributed by atoms with E-state index < -0.39 is 22.7 Å². The Balaban J connectivity index is 2.77. The molecule has 0 saturated carbocycles. The molecule has 0 spiro atoms. The molecule has 0 unspecified atom stereocenters. The molecule has 1 aromatic carbocycles. The number of fused-ring (bicyclic) bond motifs is 1. The predicted octanol–water partition coefficient (Wildman–Crippen LogP) is 3.54. The van der Waals surface area contributed by atoms with E-state index in [9.17, 15) is 18.0 Å². The van der Waals surface area contributed by atoms with E-state index in [0.717, 1.165) is 18.3 Å². The number of benzene rings is 1. The molecule has 0 fully saturated rings. The van der Waals surface area contributed by atoms with Crippen LogP contribution in [-0.2, 0) is 6.18 Å². The van der Waals surface area contributed by atoms with Crippen LogP contribution in [0.15, 0.2) is 18.3 Å². The number of carboxylic acids is 1. The van der Waals surface area contributed by atoms with Crippen molar-refractivity contribution in [3.63, 3.8) is 0 Å².